The predicted molar refractivity (Wildman–Crippen MR) is 80.0 cm³/mol. The van der Waals surface area contributed by atoms with Gasteiger partial charge in [0.25, 0.3) is 5.91 Å². The molecule has 2 heterocycles. The first-order chi connectivity index (χ1) is 10.2. The van der Waals surface area contributed by atoms with Crippen LogP contribution >= 0.6 is 0 Å². The van der Waals surface area contributed by atoms with Crippen molar-refractivity contribution in [1.29, 1.82) is 0 Å². The van der Waals surface area contributed by atoms with Crippen molar-refractivity contribution in [3.63, 3.8) is 0 Å². The number of amides is 1. The van der Waals surface area contributed by atoms with Crippen LogP contribution < -0.4 is 15.4 Å². The molecule has 0 aliphatic carbocycles. The van der Waals surface area contributed by atoms with Crippen LogP contribution in [0.5, 0.6) is 5.75 Å². The summed E-state index contributed by atoms with van der Waals surface area (Å²) in [5.74, 6) is 0.523. The Morgan fingerprint density at radius 2 is 2.38 bits per heavy atom. The van der Waals surface area contributed by atoms with Gasteiger partial charge >= 0.3 is 0 Å². The fourth-order valence-corrected chi connectivity index (χ4v) is 2.64. The van der Waals surface area contributed by atoms with Crippen LogP contribution in [-0.2, 0) is 4.74 Å². The van der Waals surface area contributed by atoms with Crippen LogP contribution in [0.1, 0.15) is 10.4 Å². The summed E-state index contributed by atoms with van der Waals surface area (Å²) in [6.07, 6.45) is 0.0475. The number of fused-ring (bicyclic) bond motifs is 1. The molecule has 0 radical (unpaired) electrons. The molecule has 1 amide bonds. The number of hydrogen-bond acceptors (Lipinski definition) is 5. The van der Waals surface area contributed by atoms with E-state index in [1.807, 2.05) is 12.1 Å². The predicted octanol–water partition coefficient (Wildman–Crippen LogP) is 0.551. The van der Waals surface area contributed by atoms with Gasteiger partial charge in [0.05, 0.1) is 24.0 Å². The first kappa shape index (κ1) is 14.2. The average molecular weight is 291 g/mol. The highest BCUT2D eigenvalue weighted by Crippen LogP contribution is 2.31. The van der Waals surface area contributed by atoms with Crippen LogP contribution in [0.4, 0.5) is 5.69 Å². The van der Waals surface area contributed by atoms with Crippen LogP contribution in [0.25, 0.3) is 0 Å². The summed E-state index contributed by atoms with van der Waals surface area (Å²) in [5, 5.41) is 6.17. The number of nitrogens with zero attached hydrogens (tertiary/aromatic N) is 1. The molecular formula is C15H21N3O3. The largest absolute Gasteiger partial charge is 0.489 e. The number of hydrogen-bond donors (Lipinski definition) is 2. The van der Waals surface area contributed by atoms with Crippen molar-refractivity contribution in [1.82, 2.24) is 10.2 Å². The number of morpholine rings is 1. The summed E-state index contributed by atoms with van der Waals surface area (Å²) in [7, 11) is 2.06. The van der Waals surface area contributed by atoms with E-state index >= 15 is 0 Å². The topological polar surface area (TPSA) is 62.8 Å². The van der Waals surface area contributed by atoms with Crippen LogP contribution in [-0.4, -0.2) is 63.4 Å². The first-order valence-electron chi connectivity index (χ1n) is 7.32. The van der Waals surface area contributed by atoms with Crippen molar-refractivity contribution in [3.05, 3.63) is 23.8 Å². The van der Waals surface area contributed by atoms with Gasteiger partial charge in [-0.15, -0.1) is 0 Å². The van der Waals surface area contributed by atoms with Gasteiger partial charge in [0.15, 0.2) is 5.75 Å². The molecule has 1 saturated heterocycles. The third-order valence-electron chi connectivity index (χ3n) is 3.76. The second-order valence-corrected chi connectivity index (χ2v) is 5.42. The van der Waals surface area contributed by atoms with E-state index in [1.165, 1.54) is 0 Å². The molecule has 2 aliphatic rings. The first-order valence-corrected chi connectivity index (χ1v) is 7.32. The third kappa shape index (κ3) is 3.28. The smallest absolute Gasteiger partial charge is 0.255 e. The van der Waals surface area contributed by atoms with E-state index in [9.17, 15) is 4.79 Å². The summed E-state index contributed by atoms with van der Waals surface area (Å²) in [5.41, 5.74) is 1.45. The van der Waals surface area contributed by atoms with Crippen molar-refractivity contribution in [2.24, 2.45) is 0 Å². The molecule has 0 spiro atoms. The SMILES string of the molecule is CN1CCOC(CNC(=O)c2cccc3c2OCCN3)C1. The lowest BCUT2D eigenvalue weighted by atomic mass is 10.1. The zero-order chi connectivity index (χ0) is 14.7. The van der Waals surface area contributed by atoms with Crippen molar-refractivity contribution in [2.75, 3.05) is 51.8 Å². The van der Waals surface area contributed by atoms with Gasteiger partial charge in [-0.25, -0.2) is 0 Å². The summed E-state index contributed by atoms with van der Waals surface area (Å²) in [6, 6.07) is 5.57. The van der Waals surface area contributed by atoms with Gasteiger partial charge in [-0.2, -0.15) is 0 Å². The second kappa shape index (κ2) is 6.32. The molecule has 0 saturated carbocycles. The molecule has 2 N–H and O–H groups in total. The quantitative estimate of drug-likeness (QED) is 0.851. The number of para-hydroxylation sites is 1. The van der Waals surface area contributed by atoms with Gasteiger partial charge in [0.2, 0.25) is 0 Å². The molecule has 1 unspecified atom stereocenters. The van der Waals surface area contributed by atoms with Gasteiger partial charge in [0, 0.05) is 26.2 Å². The monoisotopic (exact) mass is 291 g/mol. The molecule has 21 heavy (non-hydrogen) atoms. The van der Waals surface area contributed by atoms with Gasteiger partial charge in [-0.3, -0.25) is 4.79 Å². The highest BCUT2D eigenvalue weighted by molar-refractivity contribution is 5.99. The number of nitrogens with one attached hydrogen (secondary N) is 2. The average Bonchev–Trinajstić information content (AvgIpc) is 2.52. The van der Waals surface area contributed by atoms with Crippen LogP contribution in [0.15, 0.2) is 18.2 Å². The van der Waals surface area contributed by atoms with E-state index < -0.39 is 0 Å². The maximum absolute atomic E-state index is 12.4. The molecule has 2 aliphatic heterocycles. The van der Waals surface area contributed by atoms with Crippen molar-refractivity contribution in [2.45, 2.75) is 6.10 Å². The van der Waals surface area contributed by atoms with Crippen LogP contribution in [0.2, 0.25) is 0 Å². The Morgan fingerprint density at radius 3 is 3.24 bits per heavy atom. The van der Waals surface area contributed by atoms with E-state index in [-0.39, 0.29) is 12.0 Å². The third-order valence-corrected chi connectivity index (χ3v) is 3.76. The number of likely N-dealkylation sites (N-methyl/N-ethyl adjacent to an activating group) is 1. The van der Waals surface area contributed by atoms with E-state index in [1.54, 1.807) is 6.07 Å². The molecular weight excluding hydrogens is 270 g/mol. The fraction of sp³-hybridized carbons (Fsp3) is 0.533. The molecule has 114 valence electrons. The molecule has 3 rings (SSSR count). The highest BCUT2D eigenvalue weighted by Gasteiger charge is 2.21. The Hall–Kier alpha value is -1.79. The van der Waals surface area contributed by atoms with E-state index in [0.717, 1.165) is 25.3 Å². The molecule has 0 bridgehead atoms. The Bertz CT molecular complexity index is 521. The molecule has 1 fully saturated rings. The Kier molecular flexibility index (Phi) is 4.26. The van der Waals surface area contributed by atoms with Crippen molar-refractivity contribution >= 4 is 11.6 Å². The number of anilines is 1. The number of rotatable bonds is 3. The summed E-state index contributed by atoms with van der Waals surface area (Å²) in [4.78, 5) is 14.6. The fourth-order valence-electron chi connectivity index (χ4n) is 2.64. The minimum absolute atomic E-state index is 0.0475. The summed E-state index contributed by atoms with van der Waals surface area (Å²) in [6.45, 7) is 4.35. The zero-order valence-corrected chi connectivity index (χ0v) is 12.2. The number of benzene rings is 1. The molecule has 6 nitrogen and oxygen atoms in total. The number of ether oxygens (including phenoxy) is 2. The summed E-state index contributed by atoms with van der Waals surface area (Å²) >= 11 is 0. The lowest BCUT2D eigenvalue weighted by Gasteiger charge is -2.30. The van der Waals surface area contributed by atoms with Crippen LogP contribution in [0.3, 0.4) is 0 Å². The van der Waals surface area contributed by atoms with Gasteiger partial charge in [0.1, 0.15) is 6.61 Å². The minimum Gasteiger partial charge on any atom is -0.489 e. The standard InChI is InChI=1S/C15H21N3O3/c1-18-6-8-20-11(10-18)9-17-15(19)12-3-2-4-13-14(12)21-7-5-16-13/h2-4,11,16H,5-10H2,1H3,(H,17,19). The Balaban J connectivity index is 1.63. The lowest BCUT2D eigenvalue weighted by Crippen LogP contribution is -2.46. The molecule has 1 aromatic carbocycles. The van der Waals surface area contributed by atoms with E-state index in [2.05, 4.69) is 22.6 Å². The molecule has 6 heteroatoms. The van der Waals surface area contributed by atoms with E-state index in [0.29, 0.717) is 31.1 Å². The van der Waals surface area contributed by atoms with E-state index in [4.69, 9.17) is 9.47 Å². The van der Waals surface area contributed by atoms with Crippen LogP contribution in [0, 0.1) is 0 Å². The summed E-state index contributed by atoms with van der Waals surface area (Å²) < 4.78 is 11.3. The van der Waals surface area contributed by atoms with Gasteiger partial charge < -0.3 is 25.0 Å². The van der Waals surface area contributed by atoms with Crippen molar-refractivity contribution in [3.8, 4) is 5.75 Å². The Labute approximate surface area is 124 Å². The lowest BCUT2D eigenvalue weighted by molar-refractivity contribution is -0.0175. The second-order valence-electron chi connectivity index (χ2n) is 5.42. The van der Waals surface area contributed by atoms with Gasteiger partial charge in [-0.05, 0) is 19.2 Å². The normalized spacial score (nSPS) is 21.9. The Morgan fingerprint density at radius 1 is 1.48 bits per heavy atom. The van der Waals surface area contributed by atoms with Crippen molar-refractivity contribution < 1.29 is 14.3 Å². The minimum atomic E-state index is -0.118. The molecule has 0 aromatic heterocycles. The molecule has 1 aromatic rings. The zero-order valence-electron chi connectivity index (χ0n) is 12.2. The maximum atomic E-state index is 12.4. The molecule has 1 atom stereocenters. The highest BCUT2D eigenvalue weighted by atomic mass is 16.5. The van der Waals surface area contributed by atoms with Gasteiger partial charge in [-0.1, -0.05) is 6.07 Å². The maximum Gasteiger partial charge on any atom is 0.255 e. The number of carbonyl (C=O) groups excluding carboxylic acids is 1. The number of carbonyl (C=O) groups is 1.